The fraction of sp³-hybridized carbons (Fsp3) is 0.0667. The average molecular weight is 577 g/mol. The van der Waals surface area contributed by atoms with Gasteiger partial charge in [-0.05, 0) is 130 Å². The van der Waals surface area contributed by atoms with Crippen molar-refractivity contribution in [2.45, 2.75) is 20.8 Å². The summed E-state index contributed by atoms with van der Waals surface area (Å²) in [5.74, 6) is 0. The molecule has 0 atom stereocenters. The summed E-state index contributed by atoms with van der Waals surface area (Å²) in [6.07, 6.45) is 0. The maximum atomic E-state index is 2.35. The van der Waals surface area contributed by atoms with Crippen LogP contribution in [0.3, 0.4) is 0 Å². The largest absolute Gasteiger partial charge is 0.0622 e. The second-order valence-corrected chi connectivity index (χ2v) is 12.2. The highest BCUT2D eigenvalue weighted by Gasteiger charge is 2.12. The lowest BCUT2D eigenvalue weighted by Gasteiger charge is -2.14. The first kappa shape index (κ1) is 28.3. The Morgan fingerprint density at radius 1 is 0.200 bits per heavy atom. The van der Waals surface area contributed by atoms with Crippen molar-refractivity contribution in [2.75, 3.05) is 0 Å². The Kier molecular flexibility index (Phi) is 7.72. The molecule has 0 saturated heterocycles. The van der Waals surface area contributed by atoms with E-state index in [1.165, 1.54) is 83.5 Å². The topological polar surface area (TPSA) is 0 Å². The molecule has 0 heterocycles. The van der Waals surface area contributed by atoms with Gasteiger partial charge in [0.2, 0.25) is 0 Å². The predicted molar refractivity (Wildman–Crippen MR) is 193 cm³/mol. The first-order valence-corrected chi connectivity index (χ1v) is 15.7. The third-order valence-electron chi connectivity index (χ3n) is 8.52. The summed E-state index contributed by atoms with van der Waals surface area (Å²) in [6.45, 7) is 6.51. The summed E-state index contributed by atoms with van der Waals surface area (Å²) >= 11 is 0. The summed E-state index contributed by atoms with van der Waals surface area (Å²) in [5, 5.41) is 0. The van der Waals surface area contributed by atoms with Gasteiger partial charge in [0.1, 0.15) is 0 Å². The first-order valence-electron chi connectivity index (χ1n) is 15.7. The van der Waals surface area contributed by atoms with Crippen LogP contribution in [0.2, 0.25) is 0 Å². The van der Waals surface area contributed by atoms with E-state index in [9.17, 15) is 0 Å². The van der Waals surface area contributed by atoms with Crippen LogP contribution >= 0.6 is 0 Å². The third-order valence-corrected chi connectivity index (χ3v) is 8.52. The Morgan fingerprint density at radius 3 is 0.933 bits per heavy atom. The van der Waals surface area contributed by atoms with Crippen LogP contribution in [-0.4, -0.2) is 0 Å². The highest BCUT2D eigenvalue weighted by Crippen LogP contribution is 2.37. The van der Waals surface area contributed by atoms with Crippen LogP contribution in [0.15, 0.2) is 164 Å². The van der Waals surface area contributed by atoms with Crippen molar-refractivity contribution in [3.63, 3.8) is 0 Å². The van der Waals surface area contributed by atoms with E-state index in [0.29, 0.717) is 0 Å². The van der Waals surface area contributed by atoms with Crippen molar-refractivity contribution in [2.24, 2.45) is 0 Å². The molecule has 7 rings (SSSR count). The Morgan fingerprint density at radius 2 is 0.489 bits per heavy atom. The van der Waals surface area contributed by atoms with E-state index >= 15 is 0 Å². The standard InChI is InChI=1S/C45H36/c1-31-12-10-17-36(21-31)42-25-40(34-13-6-4-7-14-34)26-43(29-42)37-18-11-19-38(24-37)44-27-41(35-15-8-5-9-16-35)28-45(30-44)39-22-32(2)20-33(3)23-39/h4-30H,1-3H3. The van der Waals surface area contributed by atoms with Gasteiger partial charge in [-0.25, -0.2) is 0 Å². The maximum absolute atomic E-state index is 2.35. The lowest BCUT2D eigenvalue weighted by molar-refractivity contribution is 1.38. The molecule has 0 heteroatoms. The van der Waals surface area contributed by atoms with E-state index in [2.05, 4.69) is 185 Å². The molecular weight excluding hydrogens is 540 g/mol. The normalized spacial score (nSPS) is 11.0. The van der Waals surface area contributed by atoms with Gasteiger partial charge in [0.05, 0.1) is 0 Å². The summed E-state index contributed by atoms with van der Waals surface area (Å²) in [6, 6.07) is 60.0. The van der Waals surface area contributed by atoms with E-state index < -0.39 is 0 Å². The molecule has 0 aliphatic rings. The summed E-state index contributed by atoms with van der Waals surface area (Å²) < 4.78 is 0. The number of hydrogen-bond acceptors (Lipinski definition) is 0. The van der Waals surface area contributed by atoms with Gasteiger partial charge in [0.25, 0.3) is 0 Å². The van der Waals surface area contributed by atoms with Gasteiger partial charge in [-0.1, -0.05) is 138 Å². The number of benzene rings is 7. The van der Waals surface area contributed by atoms with Crippen molar-refractivity contribution in [1.29, 1.82) is 0 Å². The van der Waals surface area contributed by atoms with E-state index in [1.54, 1.807) is 0 Å². The third kappa shape index (κ3) is 6.28. The van der Waals surface area contributed by atoms with Gasteiger partial charge in [0, 0.05) is 0 Å². The number of aryl methyl sites for hydroxylation is 3. The average Bonchev–Trinajstić information content (AvgIpc) is 3.08. The maximum Gasteiger partial charge on any atom is -0.0171 e. The van der Waals surface area contributed by atoms with Crippen LogP contribution in [0.5, 0.6) is 0 Å². The number of rotatable bonds is 6. The zero-order valence-corrected chi connectivity index (χ0v) is 26.1. The molecule has 0 nitrogen and oxygen atoms in total. The molecule has 0 aliphatic carbocycles. The van der Waals surface area contributed by atoms with Gasteiger partial charge in [0.15, 0.2) is 0 Å². The minimum absolute atomic E-state index is 1.21. The fourth-order valence-corrected chi connectivity index (χ4v) is 6.36. The minimum atomic E-state index is 1.21. The molecule has 7 aromatic rings. The molecule has 45 heavy (non-hydrogen) atoms. The summed E-state index contributed by atoms with van der Waals surface area (Å²) in [4.78, 5) is 0. The molecule has 0 bridgehead atoms. The molecule has 0 radical (unpaired) electrons. The lowest BCUT2D eigenvalue weighted by Crippen LogP contribution is -1.89. The molecule has 0 fully saturated rings. The van der Waals surface area contributed by atoms with Crippen molar-refractivity contribution in [3.8, 4) is 66.8 Å². The second kappa shape index (κ2) is 12.3. The Hall–Kier alpha value is -5.46. The second-order valence-electron chi connectivity index (χ2n) is 12.2. The van der Waals surface area contributed by atoms with Gasteiger partial charge in [-0.15, -0.1) is 0 Å². The van der Waals surface area contributed by atoms with Crippen LogP contribution in [0.4, 0.5) is 0 Å². The molecule has 0 N–H and O–H groups in total. The quantitative estimate of drug-likeness (QED) is 0.185. The Bertz CT molecular complexity index is 2100. The van der Waals surface area contributed by atoms with Crippen molar-refractivity contribution in [3.05, 3.63) is 180 Å². The summed E-state index contributed by atoms with van der Waals surface area (Å²) in [7, 11) is 0. The SMILES string of the molecule is Cc1cccc(-c2cc(-c3ccccc3)cc(-c3cccc(-c4cc(-c5ccccc5)cc(-c5cc(C)cc(C)c5)c4)c3)c2)c1. The van der Waals surface area contributed by atoms with Gasteiger partial charge < -0.3 is 0 Å². The molecule has 216 valence electrons. The van der Waals surface area contributed by atoms with Crippen molar-refractivity contribution >= 4 is 0 Å². The molecular formula is C45H36. The minimum Gasteiger partial charge on any atom is -0.0622 e. The zero-order valence-electron chi connectivity index (χ0n) is 26.1. The molecule has 0 aliphatic heterocycles. The van der Waals surface area contributed by atoms with E-state index in [1.807, 2.05) is 0 Å². The number of hydrogen-bond donors (Lipinski definition) is 0. The van der Waals surface area contributed by atoms with Crippen LogP contribution in [0.25, 0.3) is 66.8 Å². The molecule has 0 amide bonds. The monoisotopic (exact) mass is 576 g/mol. The van der Waals surface area contributed by atoms with Crippen molar-refractivity contribution in [1.82, 2.24) is 0 Å². The highest BCUT2D eigenvalue weighted by atomic mass is 14.2. The van der Waals surface area contributed by atoms with E-state index in [-0.39, 0.29) is 0 Å². The van der Waals surface area contributed by atoms with Crippen molar-refractivity contribution < 1.29 is 0 Å². The zero-order chi connectivity index (χ0) is 30.8. The van der Waals surface area contributed by atoms with Crippen LogP contribution < -0.4 is 0 Å². The highest BCUT2D eigenvalue weighted by molar-refractivity contribution is 5.85. The van der Waals surface area contributed by atoms with Crippen LogP contribution in [0.1, 0.15) is 16.7 Å². The first-order chi connectivity index (χ1) is 22.0. The smallest absolute Gasteiger partial charge is 0.0171 e. The molecule has 7 aromatic carbocycles. The van der Waals surface area contributed by atoms with Gasteiger partial charge >= 0.3 is 0 Å². The summed E-state index contributed by atoms with van der Waals surface area (Å²) in [5.41, 5.74) is 18.5. The Balaban J connectivity index is 1.38. The molecule has 0 aromatic heterocycles. The van der Waals surface area contributed by atoms with E-state index in [0.717, 1.165) is 0 Å². The van der Waals surface area contributed by atoms with Gasteiger partial charge in [-0.3, -0.25) is 0 Å². The fourth-order valence-electron chi connectivity index (χ4n) is 6.36. The predicted octanol–water partition coefficient (Wildman–Crippen LogP) is 12.6. The molecule has 0 unspecified atom stereocenters. The lowest BCUT2D eigenvalue weighted by atomic mass is 9.90. The molecule has 0 spiro atoms. The van der Waals surface area contributed by atoms with E-state index in [4.69, 9.17) is 0 Å². The molecule has 0 saturated carbocycles. The van der Waals surface area contributed by atoms with Crippen LogP contribution in [-0.2, 0) is 0 Å². The Labute approximate surface area is 267 Å². The van der Waals surface area contributed by atoms with Gasteiger partial charge in [-0.2, -0.15) is 0 Å². The van der Waals surface area contributed by atoms with Crippen LogP contribution in [0, 0.1) is 20.8 Å².